The summed E-state index contributed by atoms with van der Waals surface area (Å²) in [4.78, 5) is 81.6. The number of aromatic carboxylic acids is 1. The Morgan fingerprint density at radius 1 is 0.429 bits per heavy atom. The van der Waals surface area contributed by atoms with E-state index in [0.29, 0.717) is 50.1 Å². The number of carboxylic acid groups (broad SMARTS) is 1. The molecule has 0 bridgehead atoms. The summed E-state index contributed by atoms with van der Waals surface area (Å²) in [6.45, 7) is 12.4. The number of fused-ring (bicyclic) bond motifs is 5. The number of carbonyl (C=O) groups is 5. The van der Waals surface area contributed by atoms with E-state index < -0.39 is 40.2 Å². The number of amides is 4. The molecule has 477 valence electrons. The molecule has 2 unspecified atom stereocenters. The van der Waals surface area contributed by atoms with Crippen LogP contribution < -0.4 is 9.80 Å². The number of aryl methyl sites for hydroxylation is 4. The van der Waals surface area contributed by atoms with Crippen molar-refractivity contribution in [3.05, 3.63) is 321 Å². The maximum atomic E-state index is 15.1. The van der Waals surface area contributed by atoms with Gasteiger partial charge in [0.05, 0.1) is 11.4 Å². The second-order valence-electron chi connectivity index (χ2n) is 25.7. The van der Waals surface area contributed by atoms with Gasteiger partial charge in [-0.3, -0.25) is 28.0 Å². The molecular weight excluding hydrogens is 1400 g/mol. The number of aromatic nitrogens is 2. The molecule has 2 atom stereocenters. The van der Waals surface area contributed by atoms with Crippen LogP contribution in [-0.4, -0.2) is 44.7 Å². The van der Waals surface area contributed by atoms with Gasteiger partial charge >= 0.3 is 5.97 Å². The number of carbonyl (C=O) groups excluding carboxylic acids is 4. The molecular formula is C85H57F2IrN4O6-. The van der Waals surface area contributed by atoms with Crippen LogP contribution in [-0.2, 0) is 30.9 Å². The zero-order valence-electron chi connectivity index (χ0n) is 53.8. The van der Waals surface area contributed by atoms with E-state index in [9.17, 15) is 28.3 Å². The van der Waals surface area contributed by atoms with Crippen LogP contribution in [0.15, 0.2) is 231 Å². The second kappa shape index (κ2) is 23.4. The van der Waals surface area contributed by atoms with E-state index >= 15 is 9.59 Å². The van der Waals surface area contributed by atoms with Gasteiger partial charge < -0.3 is 10.1 Å². The van der Waals surface area contributed by atoms with Crippen molar-refractivity contribution in [3.63, 3.8) is 0 Å². The molecule has 4 amide bonds. The van der Waals surface area contributed by atoms with Crippen LogP contribution in [0.5, 0.6) is 0 Å². The van der Waals surface area contributed by atoms with E-state index in [-0.39, 0.29) is 43.2 Å². The first kappa shape index (κ1) is 62.6. The number of halogens is 2. The molecule has 3 aliphatic rings. The molecule has 1 aliphatic carbocycles. The van der Waals surface area contributed by atoms with Crippen LogP contribution in [0.2, 0.25) is 0 Å². The Morgan fingerprint density at radius 3 is 1.31 bits per heavy atom. The second-order valence-corrected chi connectivity index (χ2v) is 25.7. The maximum absolute atomic E-state index is 15.1. The molecule has 98 heavy (non-hydrogen) atoms. The number of imide groups is 2. The fourth-order valence-electron chi connectivity index (χ4n) is 15.9. The van der Waals surface area contributed by atoms with Gasteiger partial charge in [0.15, 0.2) is 0 Å². The van der Waals surface area contributed by atoms with Gasteiger partial charge in [-0.05, 0) is 198 Å². The first-order valence-corrected chi connectivity index (χ1v) is 31.9. The van der Waals surface area contributed by atoms with Gasteiger partial charge in [0.2, 0.25) is 0 Å². The van der Waals surface area contributed by atoms with Crippen LogP contribution in [0.1, 0.15) is 110 Å². The largest absolute Gasteiger partial charge is 0.477 e. The Hall–Kier alpha value is -11.5. The molecule has 14 aromatic rings. The van der Waals surface area contributed by atoms with Crippen molar-refractivity contribution in [1.29, 1.82) is 0 Å². The summed E-state index contributed by atoms with van der Waals surface area (Å²) in [5.74, 6) is -3.91. The number of hydrogen-bond donors (Lipinski definition) is 1. The molecule has 17 rings (SSSR count). The smallest absolute Gasteiger partial charge is 0.354 e. The first-order chi connectivity index (χ1) is 46.9. The molecule has 0 spiro atoms. The van der Waals surface area contributed by atoms with Gasteiger partial charge in [0.25, 0.3) is 23.6 Å². The third-order valence-corrected chi connectivity index (χ3v) is 20.6. The van der Waals surface area contributed by atoms with Crippen LogP contribution in [0, 0.1) is 45.4 Å². The normalized spacial score (nSPS) is 16.1. The molecule has 12 aromatic carbocycles. The van der Waals surface area contributed by atoms with E-state index in [0.717, 1.165) is 100 Å². The van der Waals surface area contributed by atoms with Gasteiger partial charge in [-0.2, -0.15) is 0 Å². The fourth-order valence-corrected chi connectivity index (χ4v) is 15.9. The average molecular weight is 1460 g/mol. The Morgan fingerprint density at radius 2 is 0.867 bits per heavy atom. The summed E-state index contributed by atoms with van der Waals surface area (Å²) in [5.41, 5.74) is 16.2. The standard InChI is InChI=1S/C74H51N3O6.C11H6F2N.Ir/c1-39-12-11-13-40(2)66(39)76-68(78)55-30-26-51-53-28-32-57-65-58(33-29-54(63(53)65)52-27-31-56(69(76)79)64(55)62(51)52)71(81)77(70(57)80)67-41(3)36-46(37-42(67)4)44-20-24-48(25-21-44)74(6)60-17-10-8-15-50(60)49-14-7-9-16-59(49)73(74,5)47-22-18-43(19-23-47)45-34-35-75-61(38-45)72(82)83;12-8-4-5-9(10(13)7-8)11-3-1-2-6-14-11;/h7-38H,1-6H3,(H,82,83);1-4,6-7H;/q;-1;. The zero-order chi connectivity index (χ0) is 67.1. The minimum atomic E-state index is -1.07. The van der Waals surface area contributed by atoms with E-state index in [2.05, 4.69) is 139 Å². The van der Waals surface area contributed by atoms with Crippen molar-refractivity contribution in [3.8, 4) is 44.6 Å². The number of anilines is 2. The van der Waals surface area contributed by atoms with E-state index in [1.807, 2.05) is 100 Å². The fraction of sp³-hybridized carbons (Fsp3) is 0.0941. The molecule has 10 nitrogen and oxygen atoms in total. The molecule has 0 saturated carbocycles. The maximum Gasteiger partial charge on any atom is 0.354 e. The summed E-state index contributed by atoms with van der Waals surface area (Å²) in [6, 6.07) is 72.4. The van der Waals surface area contributed by atoms with Crippen molar-refractivity contribution < 1.29 is 58.0 Å². The molecule has 0 fully saturated rings. The van der Waals surface area contributed by atoms with Gasteiger partial charge in [-0.1, -0.05) is 177 Å². The summed E-state index contributed by atoms with van der Waals surface area (Å²) in [6.07, 6.45) is 3.08. The van der Waals surface area contributed by atoms with Crippen molar-refractivity contribution >= 4 is 84.1 Å². The van der Waals surface area contributed by atoms with E-state index in [1.54, 1.807) is 30.5 Å². The Labute approximate surface area is 576 Å². The molecule has 0 saturated heterocycles. The molecule has 1 N–H and O–H groups in total. The number of carboxylic acids is 1. The zero-order valence-corrected chi connectivity index (χ0v) is 56.2. The van der Waals surface area contributed by atoms with E-state index in [4.69, 9.17) is 0 Å². The Balaban J connectivity index is 0.000000465. The third-order valence-electron chi connectivity index (χ3n) is 20.6. The van der Waals surface area contributed by atoms with Gasteiger partial charge in [-0.25, -0.2) is 19.6 Å². The minimum absolute atomic E-state index is 0. The number of nitrogens with zero attached hydrogens (tertiary/aromatic N) is 4. The Bertz CT molecular complexity index is 5620. The molecule has 2 aliphatic heterocycles. The van der Waals surface area contributed by atoms with Crippen LogP contribution in [0.3, 0.4) is 0 Å². The number of hydrogen-bond acceptors (Lipinski definition) is 7. The number of para-hydroxylation sites is 1. The van der Waals surface area contributed by atoms with Crippen LogP contribution >= 0.6 is 0 Å². The van der Waals surface area contributed by atoms with Gasteiger partial charge in [0, 0.05) is 88.0 Å². The summed E-state index contributed by atoms with van der Waals surface area (Å²) in [7, 11) is 0. The number of benzene rings is 12. The predicted octanol–water partition coefficient (Wildman–Crippen LogP) is 19.1. The van der Waals surface area contributed by atoms with E-state index in [1.165, 1.54) is 38.3 Å². The average Bonchev–Trinajstić information content (AvgIpc) is 0.692. The van der Waals surface area contributed by atoms with Crippen LogP contribution in [0.25, 0.3) is 87.7 Å². The third kappa shape index (κ3) is 9.24. The molecule has 2 aromatic heterocycles. The molecule has 13 heteroatoms. The van der Waals surface area contributed by atoms with Crippen molar-refractivity contribution in [2.75, 3.05) is 9.80 Å². The summed E-state index contributed by atoms with van der Waals surface area (Å²) >= 11 is 0. The van der Waals surface area contributed by atoms with Crippen molar-refractivity contribution in [1.82, 2.24) is 9.97 Å². The number of rotatable bonds is 8. The SMILES string of the molecule is Cc1cccc(C)c1N1C(=O)c2ccc3c4ccc5c6c(ccc(c7ccc(c2c37)C1=O)c64)C(=O)N(c1c(C)cc(-c2ccc(C3(C)c4ccccc4-c4ccccc4C3(C)c3ccc(-c4ccnc(C(=O)O)c4)cc3)cc2)cc1C)C5=O.Fc1c[c-]c(-c2ccccn2)c(F)c1.[Ir]. The van der Waals surface area contributed by atoms with Crippen molar-refractivity contribution in [2.24, 2.45) is 0 Å². The van der Waals surface area contributed by atoms with Gasteiger partial charge in [-0.15, -0.1) is 12.1 Å². The quantitative estimate of drug-likeness (QED) is 0.0687. The minimum Gasteiger partial charge on any atom is -0.477 e. The first-order valence-electron chi connectivity index (χ1n) is 31.9. The van der Waals surface area contributed by atoms with Crippen LogP contribution in [0.4, 0.5) is 20.2 Å². The summed E-state index contributed by atoms with van der Waals surface area (Å²) in [5, 5.41) is 15.8. The molecule has 1 radical (unpaired) electrons. The van der Waals surface area contributed by atoms with Crippen molar-refractivity contribution in [2.45, 2.75) is 52.4 Å². The van der Waals surface area contributed by atoms with Gasteiger partial charge in [0.1, 0.15) is 5.69 Å². The number of pyridine rings is 2. The Kier molecular flexibility index (Phi) is 15.0. The predicted molar refractivity (Wildman–Crippen MR) is 377 cm³/mol. The monoisotopic (exact) mass is 1460 g/mol. The summed E-state index contributed by atoms with van der Waals surface area (Å²) < 4.78 is 25.8. The molecule has 4 heterocycles. The topological polar surface area (TPSA) is 138 Å².